The number of methoxy groups -OCH3 is 1. The van der Waals surface area contributed by atoms with Crippen molar-refractivity contribution in [2.24, 2.45) is 11.8 Å². The molecular formula is C14H18N2O4. The van der Waals surface area contributed by atoms with Gasteiger partial charge in [0.05, 0.1) is 24.8 Å². The maximum atomic E-state index is 12.1. The first-order chi connectivity index (χ1) is 9.63. The third-order valence-electron chi connectivity index (χ3n) is 3.75. The van der Waals surface area contributed by atoms with Gasteiger partial charge in [0, 0.05) is 12.7 Å². The van der Waals surface area contributed by atoms with Crippen LogP contribution in [0.1, 0.15) is 29.6 Å². The Kier molecular flexibility index (Phi) is 4.55. The zero-order chi connectivity index (χ0) is 14.5. The molecule has 108 valence electrons. The van der Waals surface area contributed by atoms with Crippen LogP contribution in [0.25, 0.3) is 0 Å². The van der Waals surface area contributed by atoms with E-state index in [9.17, 15) is 9.59 Å². The third-order valence-corrected chi connectivity index (χ3v) is 3.75. The zero-order valence-corrected chi connectivity index (χ0v) is 11.3. The van der Waals surface area contributed by atoms with Crippen LogP contribution in [-0.2, 0) is 4.79 Å². The van der Waals surface area contributed by atoms with E-state index in [2.05, 4.69) is 10.3 Å². The molecule has 2 atom stereocenters. The third kappa shape index (κ3) is 3.07. The van der Waals surface area contributed by atoms with Crippen LogP contribution in [0.3, 0.4) is 0 Å². The number of carboxylic acids is 1. The number of aromatic nitrogens is 1. The SMILES string of the molecule is COc1cnccc1C(=O)NCC1CCCC1C(=O)O. The number of ether oxygens (including phenoxy) is 1. The topological polar surface area (TPSA) is 88.5 Å². The van der Waals surface area contributed by atoms with Crippen molar-refractivity contribution in [3.63, 3.8) is 0 Å². The monoisotopic (exact) mass is 278 g/mol. The predicted octanol–water partition coefficient (Wildman–Crippen LogP) is 1.32. The molecule has 1 amide bonds. The molecule has 0 bridgehead atoms. The fraction of sp³-hybridized carbons (Fsp3) is 0.500. The molecule has 6 heteroatoms. The van der Waals surface area contributed by atoms with Crippen LogP contribution in [0.4, 0.5) is 0 Å². The van der Waals surface area contributed by atoms with Gasteiger partial charge in [0.2, 0.25) is 0 Å². The summed E-state index contributed by atoms with van der Waals surface area (Å²) in [5, 5.41) is 11.9. The lowest BCUT2D eigenvalue weighted by Gasteiger charge is -2.16. The fourth-order valence-corrected chi connectivity index (χ4v) is 2.66. The summed E-state index contributed by atoms with van der Waals surface area (Å²) in [6, 6.07) is 1.58. The Balaban J connectivity index is 1.97. The summed E-state index contributed by atoms with van der Waals surface area (Å²) in [7, 11) is 1.48. The van der Waals surface area contributed by atoms with Crippen molar-refractivity contribution in [2.45, 2.75) is 19.3 Å². The molecule has 20 heavy (non-hydrogen) atoms. The highest BCUT2D eigenvalue weighted by Crippen LogP contribution is 2.31. The summed E-state index contributed by atoms with van der Waals surface area (Å²) in [6.07, 6.45) is 5.42. The largest absolute Gasteiger partial charge is 0.494 e. The van der Waals surface area contributed by atoms with Crippen molar-refractivity contribution >= 4 is 11.9 Å². The molecule has 1 fully saturated rings. The Bertz CT molecular complexity index is 504. The van der Waals surface area contributed by atoms with Gasteiger partial charge in [-0.05, 0) is 24.8 Å². The number of carbonyl (C=O) groups excluding carboxylic acids is 1. The molecule has 1 aromatic rings. The average molecular weight is 278 g/mol. The summed E-state index contributed by atoms with van der Waals surface area (Å²) < 4.78 is 5.08. The molecule has 6 nitrogen and oxygen atoms in total. The summed E-state index contributed by atoms with van der Waals surface area (Å²) >= 11 is 0. The minimum atomic E-state index is -0.775. The van der Waals surface area contributed by atoms with E-state index >= 15 is 0 Å². The molecular weight excluding hydrogens is 260 g/mol. The van der Waals surface area contributed by atoms with Gasteiger partial charge in [-0.1, -0.05) is 6.42 Å². The Labute approximate surface area is 117 Å². The van der Waals surface area contributed by atoms with Crippen LogP contribution in [0.5, 0.6) is 5.75 Å². The van der Waals surface area contributed by atoms with Gasteiger partial charge in [0.25, 0.3) is 5.91 Å². The van der Waals surface area contributed by atoms with Crippen LogP contribution in [0.2, 0.25) is 0 Å². The first kappa shape index (κ1) is 14.3. The second-order valence-electron chi connectivity index (χ2n) is 4.92. The number of rotatable bonds is 5. The highest BCUT2D eigenvalue weighted by molar-refractivity contribution is 5.96. The lowest BCUT2D eigenvalue weighted by molar-refractivity contribution is -0.142. The van der Waals surface area contributed by atoms with Crippen LogP contribution >= 0.6 is 0 Å². The van der Waals surface area contributed by atoms with Crippen molar-refractivity contribution < 1.29 is 19.4 Å². The van der Waals surface area contributed by atoms with Crippen molar-refractivity contribution in [1.29, 1.82) is 0 Å². The number of amides is 1. The Morgan fingerprint density at radius 2 is 2.30 bits per heavy atom. The maximum absolute atomic E-state index is 12.1. The zero-order valence-electron chi connectivity index (χ0n) is 11.3. The summed E-state index contributed by atoms with van der Waals surface area (Å²) in [6.45, 7) is 0.376. The molecule has 0 saturated heterocycles. The number of hydrogen-bond donors (Lipinski definition) is 2. The fourth-order valence-electron chi connectivity index (χ4n) is 2.66. The van der Waals surface area contributed by atoms with Gasteiger partial charge in [-0.15, -0.1) is 0 Å². The minimum absolute atomic E-state index is 0.00396. The first-order valence-corrected chi connectivity index (χ1v) is 6.62. The quantitative estimate of drug-likeness (QED) is 0.848. The number of nitrogens with one attached hydrogen (secondary N) is 1. The highest BCUT2D eigenvalue weighted by atomic mass is 16.5. The van der Waals surface area contributed by atoms with Gasteiger partial charge in [-0.2, -0.15) is 0 Å². The van der Waals surface area contributed by atoms with E-state index < -0.39 is 5.97 Å². The molecule has 2 rings (SSSR count). The number of hydrogen-bond acceptors (Lipinski definition) is 4. The lowest BCUT2D eigenvalue weighted by Crippen LogP contribution is -2.33. The van der Waals surface area contributed by atoms with E-state index in [4.69, 9.17) is 9.84 Å². The summed E-state index contributed by atoms with van der Waals surface area (Å²) in [5.41, 5.74) is 0.410. The van der Waals surface area contributed by atoms with Gasteiger partial charge >= 0.3 is 5.97 Å². The van der Waals surface area contributed by atoms with Crippen molar-refractivity contribution in [2.75, 3.05) is 13.7 Å². The molecule has 0 spiro atoms. The van der Waals surface area contributed by atoms with E-state index in [1.165, 1.54) is 19.5 Å². The second-order valence-corrected chi connectivity index (χ2v) is 4.92. The van der Waals surface area contributed by atoms with Crippen LogP contribution in [0, 0.1) is 11.8 Å². The highest BCUT2D eigenvalue weighted by Gasteiger charge is 2.33. The van der Waals surface area contributed by atoms with Crippen molar-refractivity contribution in [3.05, 3.63) is 24.0 Å². The number of carbonyl (C=O) groups is 2. The Morgan fingerprint density at radius 1 is 1.50 bits per heavy atom. The molecule has 1 aliphatic carbocycles. The van der Waals surface area contributed by atoms with Gasteiger partial charge < -0.3 is 15.2 Å². The number of aliphatic carboxylic acids is 1. The number of pyridine rings is 1. The molecule has 0 aliphatic heterocycles. The molecule has 1 aliphatic rings. The van der Waals surface area contributed by atoms with E-state index in [1.807, 2.05) is 0 Å². The first-order valence-electron chi connectivity index (χ1n) is 6.62. The molecule has 1 saturated carbocycles. The van der Waals surface area contributed by atoms with E-state index in [0.717, 1.165) is 12.8 Å². The van der Waals surface area contributed by atoms with Gasteiger partial charge in [-0.25, -0.2) is 0 Å². The Hall–Kier alpha value is -2.11. The van der Waals surface area contributed by atoms with E-state index in [1.54, 1.807) is 6.07 Å². The second kappa shape index (κ2) is 6.36. The predicted molar refractivity (Wildman–Crippen MR) is 71.6 cm³/mol. The van der Waals surface area contributed by atoms with Crippen LogP contribution in [0.15, 0.2) is 18.5 Å². The smallest absolute Gasteiger partial charge is 0.306 e. The normalized spacial score (nSPS) is 21.4. The molecule has 0 aromatic carbocycles. The summed E-state index contributed by atoms with van der Waals surface area (Å²) in [4.78, 5) is 27.1. The van der Waals surface area contributed by atoms with Crippen LogP contribution in [-0.4, -0.2) is 35.6 Å². The molecule has 0 radical (unpaired) electrons. The average Bonchev–Trinajstić information content (AvgIpc) is 2.93. The van der Waals surface area contributed by atoms with E-state index in [0.29, 0.717) is 24.3 Å². The molecule has 2 N–H and O–H groups in total. The van der Waals surface area contributed by atoms with Gasteiger partial charge in [-0.3, -0.25) is 14.6 Å². The van der Waals surface area contributed by atoms with Crippen molar-refractivity contribution in [3.8, 4) is 5.75 Å². The maximum Gasteiger partial charge on any atom is 0.306 e. The number of nitrogens with zero attached hydrogens (tertiary/aromatic N) is 1. The minimum Gasteiger partial charge on any atom is -0.494 e. The van der Waals surface area contributed by atoms with Gasteiger partial charge in [0.15, 0.2) is 0 Å². The molecule has 1 aromatic heterocycles. The summed E-state index contributed by atoms with van der Waals surface area (Å²) in [5.74, 6) is -0.978. The molecule has 2 unspecified atom stereocenters. The van der Waals surface area contributed by atoms with E-state index in [-0.39, 0.29) is 17.7 Å². The lowest BCUT2D eigenvalue weighted by atomic mass is 9.96. The van der Waals surface area contributed by atoms with Crippen LogP contribution < -0.4 is 10.1 Å². The number of carboxylic acid groups (broad SMARTS) is 1. The standard InChI is InChI=1S/C14H18N2O4/c1-20-12-8-15-6-5-11(12)13(17)16-7-9-3-2-4-10(9)14(18)19/h5-6,8-10H,2-4,7H2,1H3,(H,16,17)(H,18,19). The Morgan fingerprint density at radius 3 is 3.00 bits per heavy atom. The van der Waals surface area contributed by atoms with Crippen molar-refractivity contribution in [1.82, 2.24) is 10.3 Å². The molecule has 1 heterocycles. The van der Waals surface area contributed by atoms with Gasteiger partial charge in [0.1, 0.15) is 5.75 Å².